The highest BCUT2D eigenvalue weighted by Crippen LogP contribution is 2.21. The summed E-state index contributed by atoms with van der Waals surface area (Å²) in [7, 11) is 0. The third-order valence-electron chi connectivity index (χ3n) is 5.06. The fraction of sp³-hybridized carbons (Fsp3) is 0.455. The number of hydrogen-bond donors (Lipinski definition) is 1. The van der Waals surface area contributed by atoms with Crippen molar-refractivity contribution in [1.82, 2.24) is 4.90 Å². The van der Waals surface area contributed by atoms with E-state index in [1.54, 1.807) is 0 Å². The molecule has 1 N–H and O–H groups in total. The van der Waals surface area contributed by atoms with Crippen LogP contribution in [0.15, 0.2) is 54.6 Å². The molecule has 27 heavy (non-hydrogen) atoms. The summed E-state index contributed by atoms with van der Waals surface area (Å²) >= 11 is 0. The molecule has 1 aliphatic rings. The molecule has 2 aromatic carbocycles. The smallest absolute Gasteiger partial charge is 0.123 e. The van der Waals surface area contributed by atoms with Gasteiger partial charge in [0.2, 0.25) is 0 Å². The van der Waals surface area contributed by atoms with E-state index < -0.39 is 6.10 Å². The molecule has 0 bridgehead atoms. The van der Waals surface area contributed by atoms with Gasteiger partial charge in [-0.25, -0.2) is 4.39 Å². The first-order chi connectivity index (χ1) is 13.2. The van der Waals surface area contributed by atoms with E-state index >= 15 is 0 Å². The molecule has 3 rings (SSSR count). The van der Waals surface area contributed by atoms with Crippen LogP contribution in [0.5, 0.6) is 0 Å². The molecule has 2 atom stereocenters. The number of ether oxygens (including phenoxy) is 1. The highest BCUT2D eigenvalue weighted by atomic mass is 19.1. The molecule has 1 heterocycles. The zero-order chi connectivity index (χ0) is 19.1. The van der Waals surface area contributed by atoms with Gasteiger partial charge in [0.1, 0.15) is 5.82 Å². The summed E-state index contributed by atoms with van der Waals surface area (Å²) in [5.41, 5.74) is 2.20. The van der Waals surface area contributed by atoms with Crippen LogP contribution < -0.4 is 4.90 Å². The van der Waals surface area contributed by atoms with Crippen molar-refractivity contribution < 1.29 is 14.2 Å². The monoisotopic (exact) mass is 372 g/mol. The minimum atomic E-state index is -0.500. The third kappa shape index (κ3) is 5.76. The first-order valence-corrected chi connectivity index (χ1v) is 9.73. The Kier molecular flexibility index (Phi) is 7.21. The van der Waals surface area contributed by atoms with E-state index in [9.17, 15) is 9.50 Å². The van der Waals surface area contributed by atoms with Gasteiger partial charge in [-0.15, -0.1) is 0 Å². The number of benzene rings is 2. The summed E-state index contributed by atoms with van der Waals surface area (Å²) in [5, 5.41) is 10.4. The average molecular weight is 372 g/mol. The molecule has 1 saturated heterocycles. The van der Waals surface area contributed by atoms with Gasteiger partial charge in [0.15, 0.2) is 0 Å². The Balaban J connectivity index is 1.41. The predicted octanol–water partition coefficient (Wildman–Crippen LogP) is 3.48. The highest BCUT2D eigenvalue weighted by molar-refractivity contribution is 5.46. The molecule has 0 aliphatic carbocycles. The van der Waals surface area contributed by atoms with Crippen LogP contribution in [0.3, 0.4) is 0 Å². The molecule has 5 heteroatoms. The maximum atomic E-state index is 13.1. The predicted molar refractivity (Wildman–Crippen MR) is 106 cm³/mol. The van der Waals surface area contributed by atoms with Crippen LogP contribution in [0.25, 0.3) is 0 Å². The van der Waals surface area contributed by atoms with Crippen LogP contribution in [-0.2, 0) is 4.74 Å². The normalized spacial score (nSPS) is 17.7. The topological polar surface area (TPSA) is 35.9 Å². The second-order valence-corrected chi connectivity index (χ2v) is 7.06. The lowest BCUT2D eigenvalue weighted by Gasteiger charge is -2.37. The van der Waals surface area contributed by atoms with Crippen LogP contribution in [0.2, 0.25) is 0 Å². The number of β-amino-alcohol motifs (C(OH)–C–C–N with tert-alkyl or cyclic N) is 1. The van der Waals surface area contributed by atoms with Crippen LogP contribution in [-0.4, -0.2) is 55.4 Å². The maximum Gasteiger partial charge on any atom is 0.123 e. The molecule has 0 amide bonds. The van der Waals surface area contributed by atoms with E-state index in [4.69, 9.17) is 4.74 Å². The fourth-order valence-corrected chi connectivity index (χ4v) is 3.54. The van der Waals surface area contributed by atoms with Gasteiger partial charge >= 0.3 is 0 Å². The van der Waals surface area contributed by atoms with Crippen molar-refractivity contribution in [2.45, 2.75) is 25.6 Å². The maximum absolute atomic E-state index is 13.1. The largest absolute Gasteiger partial charge is 0.389 e. The van der Waals surface area contributed by atoms with Crippen LogP contribution in [0, 0.1) is 5.82 Å². The quantitative estimate of drug-likeness (QED) is 0.770. The van der Waals surface area contributed by atoms with Crippen molar-refractivity contribution in [2.24, 2.45) is 0 Å². The Morgan fingerprint density at radius 1 is 1.00 bits per heavy atom. The summed E-state index contributed by atoms with van der Waals surface area (Å²) in [4.78, 5) is 4.51. The molecule has 1 aliphatic heterocycles. The van der Waals surface area contributed by atoms with Crippen molar-refractivity contribution in [3.63, 3.8) is 0 Å². The molecule has 146 valence electrons. The van der Waals surface area contributed by atoms with Gasteiger partial charge in [-0.2, -0.15) is 0 Å². The van der Waals surface area contributed by atoms with Gasteiger partial charge < -0.3 is 14.7 Å². The van der Waals surface area contributed by atoms with E-state index in [0.29, 0.717) is 13.2 Å². The SMILES string of the molecule is CC[C@@H](OC[C@H](O)CN1CCN(c2ccc(F)cc2)CC1)c1ccccc1. The van der Waals surface area contributed by atoms with Gasteiger partial charge in [-0.1, -0.05) is 37.3 Å². The molecule has 0 radical (unpaired) electrons. The summed E-state index contributed by atoms with van der Waals surface area (Å²) < 4.78 is 19.0. The zero-order valence-electron chi connectivity index (χ0n) is 15.9. The van der Waals surface area contributed by atoms with Crippen molar-refractivity contribution in [2.75, 3.05) is 44.2 Å². The van der Waals surface area contributed by atoms with Gasteiger partial charge in [0, 0.05) is 38.4 Å². The van der Waals surface area contributed by atoms with Crippen molar-refractivity contribution in [1.29, 1.82) is 0 Å². The summed E-state index contributed by atoms with van der Waals surface area (Å²) in [6, 6.07) is 16.8. The molecule has 4 nitrogen and oxygen atoms in total. The highest BCUT2D eigenvalue weighted by Gasteiger charge is 2.20. The molecule has 0 saturated carbocycles. The molecule has 0 aromatic heterocycles. The summed E-state index contributed by atoms with van der Waals surface area (Å²) in [5.74, 6) is -0.207. The third-order valence-corrected chi connectivity index (χ3v) is 5.06. The Morgan fingerprint density at radius 2 is 1.67 bits per heavy atom. The van der Waals surface area contributed by atoms with Crippen LogP contribution in [0.1, 0.15) is 25.0 Å². The van der Waals surface area contributed by atoms with Crippen molar-refractivity contribution in [3.8, 4) is 0 Å². The average Bonchev–Trinajstić information content (AvgIpc) is 2.70. The Labute approximate surface area is 161 Å². The minimum absolute atomic E-state index is 0.0242. The molecule has 2 aromatic rings. The van der Waals surface area contributed by atoms with E-state index in [0.717, 1.165) is 43.9 Å². The minimum Gasteiger partial charge on any atom is -0.389 e. The lowest BCUT2D eigenvalue weighted by Crippen LogP contribution is -2.49. The van der Waals surface area contributed by atoms with Crippen LogP contribution >= 0.6 is 0 Å². The van der Waals surface area contributed by atoms with Gasteiger partial charge in [-0.3, -0.25) is 4.90 Å². The molecular formula is C22H29FN2O2. The lowest BCUT2D eigenvalue weighted by atomic mass is 10.1. The summed E-state index contributed by atoms with van der Waals surface area (Å²) in [6.07, 6.45) is 0.406. The molecular weight excluding hydrogens is 343 g/mol. The number of piperazine rings is 1. The Morgan fingerprint density at radius 3 is 2.30 bits per heavy atom. The number of halogens is 1. The standard InChI is InChI=1S/C22H29FN2O2/c1-2-22(18-6-4-3-5-7-18)27-17-21(26)16-24-12-14-25(15-13-24)20-10-8-19(23)9-11-20/h3-11,21-22,26H,2,12-17H2,1H3/t21-,22-/m1/s1. The second kappa shape index (κ2) is 9.83. The number of aliphatic hydroxyl groups is 1. The van der Waals surface area contributed by atoms with E-state index in [1.807, 2.05) is 30.3 Å². The van der Waals surface area contributed by atoms with E-state index in [2.05, 4.69) is 28.9 Å². The first-order valence-electron chi connectivity index (χ1n) is 9.73. The van der Waals surface area contributed by atoms with Crippen LogP contribution in [0.4, 0.5) is 10.1 Å². The number of rotatable bonds is 8. The van der Waals surface area contributed by atoms with Crippen molar-refractivity contribution in [3.05, 3.63) is 66.0 Å². The fourth-order valence-electron chi connectivity index (χ4n) is 3.54. The first kappa shape index (κ1) is 19.8. The Bertz CT molecular complexity index is 672. The van der Waals surface area contributed by atoms with Gasteiger partial charge in [0.05, 0.1) is 18.8 Å². The molecule has 1 fully saturated rings. The summed E-state index contributed by atoms with van der Waals surface area (Å²) in [6.45, 7) is 6.56. The number of hydrogen-bond acceptors (Lipinski definition) is 4. The number of aliphatic hydroxyl groups excluding tert-OH is 1. The number of nitrogens with zero attached hydrogens (tertiary/aromatic N) is 2. The van der Waals surface area contributed by atoms with E-state index in [-0.39, 0.29) is 11.9 Å². The van der Waals surface area contributed by atoms with Crippen molar-refractivity contribution >= 4 is 5.69 Å². The number of anilines is 1. The van der Waals surface area contributed by atoms with E-state index in [1.165, 1.54) is 12.1 Å². The zero-order valence-corrected chi connectivity index (χ0v) is 15.9. The molecule has 0 spiro atoms. The second-order valence-electron chi connectivity index (χ2n) is 7.06. The van der Waals surface area contributed by atoms with Gasteiger partial charge in [-0.05, 0) is 36.2 Å². The molecule has 0 unspecified atom stereocenters. The lowest BCUT2D eigenvalue weighted by molar-refractivity contribution is -0.0240. The Hall–Kier alpha value is -1.95. The van der Waals surface area contributed by atoms with Gasteiger partial charge in [0.25, 0.3) is 0 Å².